The van der Waals surface area contributed by atoms with E-state index in [4.69, 9.17) is 5.10 Å². The molecule has 0 aliphatic carbocycles. The van der Waals surface area contributed by atoms with Crippen LogP contribution in [0.1, 0.15) is 5.56 Å². The van der Waals surface area contributed by atoms with Crippen LogP contribution in [0.3, 0.4) is 0 Å². The fourth-order valence-corrected chi connectivity index (χ4v) is 3.71. The normalized spacial score (nSPS) is 12.1. The molecule has 0 spiro atoms. The molecular weight excluding hydrogens is 352 g/mol. The standard InChI is InChI=1S/C22H18N4S/c1-2-12-24-22-26(25-15-17-10-13-23-14-11-17)21(16-27-22)20-9-5-7-18-6-3-4-8-19(18)20/h2-11,13-16H,1,12H2. The predicted molar refractivity (Wildman–Crippen MR) is 113 cm³/mol. The first-order valence-corrected chi connectivity index (χ1v) is 9.49. The maximum absolute atomic E-state index is 4.72. The molecular formula is C22H18N4S. The molecule has 0 amide bonds. The van der Waals surface area contributed by atoms with Crippen LogP contribution in [0.2, 0.25) is 0 Å². The van der Waals surface area contributed by atoms with Crippen LogP contribution in [0.25, 0.3) is 22.0 Å². The summed E-state index contributed by atoms with van der Waals surface area (Å²) in [6, 6.07) is 18.6. The summed E-state index contributed by atoms with van der Waals surface area (Å²) in [4.78, 5) is 9.49. The molecule has 0 aliphatic heterocycles. The van der Waals surface area contributed by atoms with Gasteiger partial charge in [-0.05, 0) is 28.5 Å². The van der Waals surface area contributed by atoms with Crippen LogP contribution in [0.4, 0.5) is 0 Å². The monoisotopic (exact) mass is 370 g/mol. The fourth-order valence-electron chi connectivity index (χ4n) is 2.87. The highest BCUT2D eigenvalue weighted by Gasteiger charge is 2.10. The summed E-state index contributed by atoms with van der Waals surface area (Å²) in [5.74, 6) is 0. The summed E-state index contributed by atoms with van der Waals surface area (Å²) in [5.41, 5.74) is 3.14. The molecule has 0 bridgehead atoms. The van der Waals surface area contributed by atoms with E-state index in [2.05, 4.69) is 64.4 Å². The van der Waals surface area contributed by atoms with Gasteiger partial charge in [0, 0.05) is 23.3 Å². The summed E-state index contributed by atoms with van der Waals surface area (Å²) in [6.07, 6.45) is 7.13. The minimum absolute atomic E-state index is 0.556. The van der Waals surface area contributed by atoms with Crippen molar-refractivity contribution in [1.29, 1.82) is 0 Å². The third-order valence-corrected chi connectivity index (χ3v) is 4.99. The number of fused-ring (bicyclic) bond motifs is 1. The molecule has 0 radical (unpaired) electrons. The van der Waals surface area contributed by atoms with Gasteiger partial charge in [0.05, 0.1) is 18.5 Å². The Morgan fingerprint density at radius 1 is 1.04 bits per heavy atom. The largest absolute Gasteiger partial charge is 0.265 e. The number of pyridine rings is 1. The fraction of sp³-hybridized carbons (Fsp3) is 0.0455. The Morgan fingerprint density at radius 3 is 2.70 bits per heavy atom. The van der Waals surface area contributed by atoms with Crippen molar-refractivity contribution in [2.45, 2.75) is 0 Å². The number of aromatic nitrogens is 2. The molecule has 2 heterocycles. The molecule has 0 fully saturated rings. The van der Waals surface area contributed by atoms with Crippen LogP contribution in [-0.2, 0) is 0 Å². The summed E-state index contributed by atoms with van der Waals surface area (Å²) in [6.45, 7) is 4.32. The molecule has 0 atom stereocenters. The van der Waals surface area contributed by atoms with Crippen molar-refractivity contribution in [1.82, 2.24) is 9.66 Å². The molecule has 4 rings (SSSR count). The van der Waals surface area contributed by atoms with Crippen molar-refractivity contribution in [3.05, 3.63) is 95.4 Å². The smallest absolute Gasteiger partial charge is 0.206 e. The van der Waals surface area contributed by atoms with Gasteiger partial charge in [0.25, 0.3) is 0 Å². The second kappa shape index (κ2) is 7.93. The summed E-state index contributed by atoms with van der Waals surface area (Å²) in [5, 5.41) is 9.22. The van der Waals surface area contributed by atoms with Gasteiger partial charge in [-0.2, -0.15) is 5.10 Å². The Hall–Kier alpha value is -3.31. The third-order valence-electron chi connectivity index (χ3n) is 4.13. The third kappa shape index (κ3) is 3.64. The quantitative estimate of drug-likeness (QED) is 0.370. The topological polar surface area (TPSA) is 42.5 Å². The van der Waals surface area contributed by atoms with Crippen molar-refractivity contribution < 1.29 is 0 Å². The minimum atomic E-state index is 0.556. The lowest BCUT2D eigenvalue weighted by atomic mass is 10.0. The molecule has 132 valence electrons. The van der Waals surface area contributed by atoms with E-state index in [0.717, 1.165) is 21.6 Å². The van der Waals surface area contributed by atoms with Crippen molar-refractivity contribution in [2.75, 3.05) is 6.54 Å². The van der Waals surface area contributed by atoms with Gasteiger partial charge < -0.3 is 0 Å². The second-order valence-corrected chi connectivity index (χ2v) is 6.73. The van der Waals surface area contributed by atoms with Gasteiger partial charge in [0.15, 0.2) is 0 Å². The van der Waals surface area contributed by atoms with Gasteiger partial charge in [-0.25, -0.2) is 4.68 Å². The zero-order valence-electron chi connectivity index (χ0n) is 14.7. The Morgan fingerprint density at radius 2 is 1.85 bits per heavy atom. The molecule has 27 heavy (non-hydrogen) atoms. The van der Waals surface area contributed by atoms with Gasteiger partial charge in [0.2, 0.25) is 4.80 Å². The van der Waals surface area contributed by atoms with Gasteiger partial charge in [-0.1, -0.05) is 48.5 Å². The highest BCUT2D eigenvalue weighted by atomic mass is 32.1. The lowest BCUT2D eigenvalue weighted by Gasteiger charge is -2.07. The molecule has 0 unspecified atom stereocenters. The molecule has 0 N–H and O–H groups in total. The Kier molecular flexibility index (Phi) is 5.03. The molecule has 0 saturated carbocycles. The summed E-state index contributed by atoms with van der Waals surface area (Å²) >= 11 is 1.58. The van der Waals surface area contributed by atoms with Crippen molar-refractivity contribution >= 4 is 28.3 Å². The van der Waals surface area contributed by atoms with Gasteiger partial charge in [0.1, 0.15) is 0 Å². The number of hydrogen-bond donors (Lipinski definition) is 0. The maximum Gasteiger partial charge on any atom is 0.206 e. The van der Waals surface area contributed by atoms with E-state index in [1.807, 2.05) is 23.0 Å². The van der Waals surface area contributed by atoms with Crippen LogP contribution >= 0.6 is 11.3 Å². The Bertz CT molecular complexity index is 1160. The SMILES string of the molecule is C=CCN=c1scc(-c2cccc3ccccc23)n1N=Cc1ccncc1. The maximum atomic E-state index is 4.72. The highest BCUT2D eigenvalue weighted by Crippen LogP contribution is 2.28. The van der Waals surface area contributed by atoms with Crippen LogP contribution in [0.5, 0.6) is 0 Å². The van der Waals surface area contributed by atoms with E-state index >= 15 is 0 Å². The van der Waals surface area contributed by atoms with Crippen LogP contribution < -0.4 is 4.80 Å². The number of thiazole rings is 1. The van der Waals surface area contributed by atoms with Crippen molar-refractivity contribution in [2.24, 2.45) is 10.1 Å². The van der Waals surface area contributed by atoms with Gasteiger partial charge >= 0.3 is 0 Å². The van der Waals surface area contributed by atoms with Crippen LogP contribution in [0, 0.1) is 0 Å². The first-order chi connectivity index (χ1) is 13.4. The summed E-state index contributed by atoms with van der Waals surface area (Å²) in [7, 11) is 0. The average Bonchev–Trinajstić information content (AvgIpc) is 3.13. The molecule has 5 heteroatoms. The molecule has 4 aromatic rings. The zero-order chi connectivity index (χ0) is 18.5. The Labute approximate surface area is 161 Å². The lowest BCUT2D eigenvalue weighted by molar-refractivity contribution is 0.841. The van der Waals surface area contributed by atoms with E-state index in [-0.39, 0.29) is 0 Å². The Balaban J connectivity index is 1.89. The van der Waals surface area contributed by atoms with E-state index in [0.29, 0.717) is 6.54 Å². The van der Waals surface area contributed by atoms with Crippen LogP contribution in [-0.4, -0.2) is 22.4 Å². The van der Waals surface area contributed by atoms with E-state index in [1.54, 1.807) is 29.8 Å². The van der Waals surface area contributed by atoms with E-state index in [9.17, 15) is 0 Å². The van der Waals surface area contributed by atoms with E-state index < -0.39 is 0 Å². The van der Waals surface area contributed by atoms with Gasteiger partial charge in [-0.3, -0.25) is 9.98 Å². The molecule has 2 aromatic carbocycles. The molecule has 2 aromatic heterocycles. The number of benzene rings is 2. The van der Waals surface area contributed by atoms with Crippen molar-refractivity contribution in [3.8, 4) is 11.3 Å². The van der Waals surface area contributed by atoms with E-state index in [1.165, 1.54) is 10.8 Å². The molecule has 0 aliphatic rings. The zero-order valence-corrected chi connectivity index (χ0v) is 15.5. The second-order valence-electron chi connectivity index (χ2n) is 5.90. The number of hydrogen-bond acceptors (Lipinski definition) is 4. The first-order valence-electron chi connectivity index (χ1n) is 8.61. The average molecular weight is 370 g/mol. The highest BCUT2D eigenvalue weighted by molar-refractivity contribution is 7.07. The van der Waals surface area contributed by atoms with Crippen molar-refractivity contribution in [3.63, 3.8) is 0 Å². The predicted octanol–water partition coefficient (Wildman–Crippen LogP) is 4.73. The molecule has 0 saturated heterocycles. The summed E-state index contributed by atoms with van der Waals surface area (Å²) < 4.78 is 1.90. The lowest BCUT2D eigenvalue weighted by Crippen LogP contribution is -2.12. The first kappa shape index (κ1) is 17.1. The van der Waals surface area contributed by atoms with Gasteiger partial charge in [-0.15, -0.1) is 17.9 Å². The number of nitrogens with zero attached hydrogens (tertiary/aromatic N) is 4. The number of rotatable bonds is 5. The minimum Gasteiger partial charge on any atom is -0.265 e. The van der Waals surface area contributed by atoms with Crippen LogP contribution in [0.15, 0.2) is 95.1 Å². The molecule has 4 nitrogen and oxygen atoms in total.